The SMILES string of the molecule is O=C(O)N1CCc2ccccc2C1c1cncnc1. The van der Waals surface area contributed by atoms with E-state index in [1.54, 1.807) is 12.4 Å². The quantitative estimate of drug-likeness (QED) is 0.847. The van der Waals surface area contributed by atoms with Gasteiger partial charge in [0.25, 0.3) is 0 Å². The van der Waals surface area contributed by atoms with Gasteiger partial charge in [0.15, 0.2) is 0 Å². The van der Waals surface area contributed by atoms with E-state index in [4.69, 9.17) is 0 Å². The fourth-order valence-corrected chi connectivity index (χ4v) is 2.58. The lowest BCUT2D eigenvalue weighted by Crippen LogP contribution is -2.39. The Labute approximate surface area is 110 Å². The number of amides is 1. The molecule has 5 heteroatoms. The number of hydrogen-bond donors (Lipinski definition) is 1. The van der Waals surface area contributed by atoms with E-state index in [0.29, 0.717) is 6.54 Å². The van der Waals surface area contributed by atoms with Gasteiger partial charge in [-0.1, -0.05) is 24.3 Å². The van der Waals surface area contributed by atoms with Gasteiger partial charge in [-0.2, -0.15) is 0 Å². The van der Waals surface area contributed by atoms with Gasteiger partial charge in [-0.05, 0) is 17.5 Å². The highest BCUT2D eigenvalue weighted by molar-refractivity contribution is 5.67. The number of fused-ring (bicyclic) bond motifs is 1. The van der Waals surface area contributed by atoms with E-state index in [0.717, 1.165) is 17.5 Å². The van der Waals surface area contributed by atoms with Gasteiger partial charge in [-0.25, -0.2) is 14.8 Å². The smallest absolute Gasteiger partial charge is 0.408 e. The molecule has 0 saturated heterocycles. The Kier molecular flexibility index (Phi) is 2.87. The molecular weight excluding hydrogens is 242 g/mol. The van der Waals surface area contributed by atoms with Crippen molar-refractivity contribution in [2.45, 2.75) is 12.5 Å². The lowest BCUT2D eigenvalue weighted by molar-refractivity contribution is 0.129. The summed E-state index contributed by atoms with van der Waals surface area (Å²) >= 11 is 0. The first-order chi connectivity index (χ1) is 9.27. The third-order valence-electron chi connectivity index (χ3n) is 3.43. The number of carboxylic acid groups (broad SMARTS) is 1. The average Bonchev–Trinajstić information content (AvgIpc) is 2.46. The van der Waals surface area contributed by atoms with Crippen LogP contribution in [0.5, 0.6) is 0 Å². The maximum absolute atomic E-state index is 11.4. The Hall–Kier alpha value is -2.43. The highest BCUT2D eigenvalue weighted by atomic mass is 16.4. The lowest BCUT2D eigenvalue weighted by atomic mass is 9.89. The molecule has 19 heavy (non-hydrogen) atoms. The number of benzene rings is 1. The Morgan fingerprint density at radius 3 is 2.74 bits per heavy atom. The summed E-state index contributed by atoms with van der Waals surface area (Å²) in [5, 5.41) is 9.38. The van der Waals surface area contributed by atoms with Gasteiger partial charge in [0.05, 0.1) is 6.04 Å². The van der Waals surface area contributed by atoms with Gasteiger partial charge in [-0.3, -0.25) is 4.90 Å². The van der Waals surface area contributed by atoms with E-state index < -0.39 is 6.09 Å². The highest BCUT2D eigenvalue weighted by Gasteiger charge is 2.31. The Morgan fingerprint density at radius 1 is 1.26 bits per heavy atom. The molecule has 0 fully saturated rings. The average molecular weight is 255 g/mol. The molecule has 0 bridgehead atoms. The molecule has 0 spiro atoms. The van der Waals surface area contributed by atoms with Crippen LogP contribution in [0.1, 0.15) is 22.7 Å². The van der Waals surface area contributed by atoms with Crippen molar-refractivity contribution in [3.63, 3.8) is 0 Å². The molecule has 2 heterocycles. The molecule has 2 aromatic rings. The molecule has 1 atom stereocenters. The molecule has 1 aromatic carbocycles. The number of hydrogen-bond acceptors (Lipinski definition) is 3. The first-order valence-electron chi connectivity index (χ1n) is 6.09. The molecule has 1 N–H and O–H groups in total. The van der Waals surface area contributed by atoms with Gasteiger partial charge < -0.3 is 5.11 Å². The molecule has 1 unspecified atom stereocenters. The highest BCUT2D eigenvalue weighted by Crippen LogP contribution is 2.34. The molecule has 1 amide bonds. The van der Waals surface area contributed by atoms with Crippen molar-refractivity contribution in [1.82, 2.24) is 14.9 Å². The van der Waals surface area contributed by atoms with Crippen LogP contribution in [0.25, 0.3) is 0 Å². The second-order valence-corrected chi connectivity index (χ2v) is 4.50. The monoisotopic (exact) mass is 255 g/mol. The van der Waals surface area contributed by atoms with Crippen molar-refractivity contribution in [2.24, 2.45) is 0 Å². The molecule has 5 nitrogen and oxygen atoms in total. The zero-order valence-electron chi connectivity index (χ0n) is 10.2. The fraction of sp³-hybridized carbons (Fsp3) is 0.214. The van der Waals surface area contributed by atoms with Crippen LogP contribution in [0.2, 0.25) is 0 Å². The van der Waals surface area contributed by atoms with Crippen molar-refractivity contribution in [1.29, 1.82) is 0 Å². The van der Waals surface area contributed by atoms with Crippen LogP contribution in [-0.2, 0) is 6.42 Å². The minimum Gasteiger partial charge on any atom is -0.465 e. The van der Waals surface area contributed by atoms with Crippen LogP contribution < -0.4 is 0 Å². The Bertz CT molecular complexity index is 601. The van der Waals surface area contributed by atoms with E-state index in [1.165, 1.54) is 16.8 Å². The molecular formula is C14H13N3O2. The van der Waals surface area contributed by atoms with E-state index in [1.807, 2.05) is 24.3 Å². The van der Waals surface area contributed by atoms with Gasteiger partial charge in [0.1, 0.15) is 6.33 Å². The number of nitrogens with zero attached hydrogens (tertiary/aromatic N) is 3. The number of aromatic nitrogens is 2. The first kappa shape index (κ1) is 11.6. The van der Waals surface area contributed by atoms with Gasteiger partial charge in [0.2, 0.25) is 0 Å². The van der Waals surface area contributed by atoms with Gasteiger partial charge >= 0.3 is 6.09 Å². The van der Waals surface area contributed by atoms with Crippen molar-refractivity contribution in [3.05, 3.63) is 59.7 Å². The summed E-state index contributed by atoms with van der Waals surface area (Å²) in [6.07, 6.45) is 4.63. The maximum atomic E-state index is 11.4. The molecule has 1 aromatic heterocycles. The van der Waals surface area contributed by atoms with E-state index >= 15 is 0 Å². The van der Waals surface area contributed by atoms with Crippen LogP contribution in [-0.4, -0.2) is 32.6 Å². The predicted octanol–water partition coefficient (Wildman–Crippen LogP) is 2.10. The lowest BCUT2D eigenvalue weighted by Gasteiger charge is -2.35. The van der Waals surface area contributed by atoms with E-state index in [-0.39, 0.29) is 6.04 Å². The summed E-state index contributed by atoms with van der Waals surface area (Å²) in [6, 6.07) is 7.62. The minimum atomic E-state index is -0.914. The molecule has 1 aliphatic heterocycles. The van der Waals surface area contributed by atoms with Crippen molar-refractivity contribution < 1.29 is 9.90 Å². The van der Waals surface area contributed by atoms with E-state index in [9.17, 15) is 9.90 Å². The predicted molar refractivity (Wildman–Crippen MR) is 68.8 cm³/mol. The molecule has 1 aliphatic rings. The number of rotatable bonds is 1. The van der Waals surface area contributed by atoms with Crippen LogP contribution in [0.4, 0.5) is 4.79 Å². The topological polar surface area (TPSA) is 66.3 Å². The van der Waals surface area contributed by atoms with Gasteiger partial charge in [0, 0.05) is 24.5 Å². The Balaban J connectivity index is 2.13. The minimum absolute atomic E-state index is 0.316. The zero-order valence-corrected chi connectivity index (χ0v) is 10.2. The summed E-state index contributed by atoms with van der Waals surface area (Å²) in [5.41, 5.74) is 3.01. The summed E-state index contributed by atoms with van der Waals surface area (Å²) in [6.45, 7) is 0.492. The summed E-state index contributed by atoms with van der Waals surface area (Å²) in [7, 11) is 0. The van der Waals surface area contributed by atoms with Crippen LogP contribution in [0.3, 0.4) is 0 Å². The standard InChI is InChI=1S/C14H13N3O2/c18-14(19)17-6-5-10-3-1-2-4-12(10)13(17)11-7-15-9-16-8-11/h1-4,7-9,13H,5-6H2,(H,18,19). The second kappa shape index (κ2) is 4.68. The normalized spacial score (nSPS) is 17.9. The Morgan fingerprint density at radius 2 is 2.00 bits per heavy atom. The van der Waals surface area contributed by atoms with Crippen molar-refractivity contribution in [2.75, 3.05) is 6.54 Å². The number of carbonyl (C=O) groups is 1. The van der Waals surface area contributed by atoms with Crippen LogP contribution in [0.15, 0.2) is 43.0 Å². The van der Waals surface area contributed by atoms with Gasteiger partial charge in [-0.15, -0.1) is 0 Å². The van der Waals surface area contributed by atoms with Crippen molar-refractivity contribution >= 4 is 6.09 Å². The summed E-state index contributed by atoms with van der Waals surface area (Å²) in [5.74, 6) is 0. The fourth-order valence-electron chi connectivity index (χ4n) is 2.58. The third-order valence-corrected chi connectivity index (χ3v) is 3.43. The maximum Gasteiger partial charge on any atom is 0.408 e. The van der Waals surface area contributed by atoms with Crippen LogP contribution in [0, 0.1) is 0 Å². The van der Waals surface area contributed by atoms with E-state index in [2.05, 4.69) is 9.97 Å². The second-order valence-electron chi connectivity index (χ2n) is 4.50. The molecule has 96 valence electrons. The first-order valence-corrected chi connectivity index (χ1v) is 6.09. The van der Waals surface area contributed by atoms with Crippen molar-refractivity contribution in [3.8, 4) is 0 Å². The molecule has 0 aliphatic carbocycles. The largest absolute Gasteiger partial charge is 0.465 e. The molecule has 0 saturated carbocycles. The van der Waals surface area contributed by atoms with Crippen LogP contribution >= 0.6 is 0 Å². The zero-order chi connectivity index (χ0) is 13.2. The summed E-state index contributed by atoms with van der Waals surface area (Å²) < 4.78 is 0. The summed E-state index contributed by atoms with van der Waals surface area (Å²) in [4.78, 5) is 20.9. The third kappa shape index (κ3) is 2.03. The molecule has 0 radical (unpaired) electrons. The molecule has 3 rings (SSSR count).